The third-order valence-corrected chi connectivity index (χ3v) is 2.36. The highest BCUT2D eigenvalue weighted by Crippen LogP contribution is 2.25. The fourth-order valence-corrected chi connectivity index (χ4v) is 1.45. The van der Waals surface area contributed by atoms with E-state index in [2.05, 4.69) is 6.92 Å². The van der Waals surface area contributed by atoms with Crippen LogP contribution in [0.25, 0.3) is 0 Å². The van der Waals surface area contributed by atoms with Gasteiger partial charge in [-0.3, -0.25) is 0 Å². The molecule has 18 heavy (non-hydrogen) atoms. The summed E-state index contributed by atoms with van der Waals surface area (Å²) in [6, 6.07) is 4.96. The van der Waals surface area contributed by atoms with E-state index in [9.17, 15) is 10.0 Å². The lowest BCUT2D eigenvalue weighted by molar-refractivity contribution is 0.0486. The predicted molar refractivity (Wildman–Crippen MR) is 69.2 cm³/mol. The average Bonchev–Trinajstić information content (AvgIpc) is 2.37. The van der Waals surface area contributed by atoms with E-state index < -0.39 is 7.12 Å². The first kappa shape index (κ1) is 14.8. The number of benzene rings is 1. The number of rotatable bonds is 8. The minimum atomic E-state index is -1.59. The maximum Gasteiger partial charge on any atom is 0.492 e. The highest BCUT2D eigenvalue weighted by atomic mass is 16.7. The van der Waals surface area contributed by atoms with Gasteiger partial charge in [0.05, 0.1) is 6.61 Å². The van der Waals surface area contributed by atoms with E-state index >= 15 is 0 Å². The van der Waals surface area contributed by atoms with Gasteiger partial charge in [-0.1, -0.05) is 25.5 Å². The van der Waals surface area contributed by atoms with E-state index in [0.717, 1.165) is 12.8 Å². The van der Waals surface area contributed by atoms with E-state index in [1.807, 2.05) is 0 Å². The van der Waals surface area contributed by atoms with Crippen molar-refractivity contribution < 1.29 is 24.3 Å². The Balaban J connectivity index is 2.89. The smallest absolute Gasteiger partial charge is 0.490 e. The van der Waals surface area contributed by atoms with Gasteiger partial charge in [0.1, 0.15) is 0 Å². The van der Waals surface area contributed by atoms with Crippen LogP contribution < -0.4 is 14.9 Å². The average molecular weight is 254 g/mol. The SMILES string of the molecule is CCCCOc1c(OCOC)cccc1B(O)O. The Bertz CT molecular complexity index is 356. The summed E-state index contributed by atoms with van der Waals surface area (Å²) in [6.45, 7) is 2.64. The molecule has 0 spiro atoms. The molecule has 5 nitrogen and oxygen atoms in total. The van der Waals surface area contributed by atoms with Gasteiger partial charge in [-0.25, -0.2) is 0 Å². The number of unbranched alkanes of at least 4 members (excludes halogenated alkanes) is 1. The number of para-hydroxylation sites is 1. The summed E-state index contributed by atoms with van der Waals surface area (Å²) in [4.78, 5) is 0. The zero-order valence-electron chi connectivity index (χ0n) is 10.8. The van der Waals surface area contributed by atoms with Crippen molar-refractivity contribution in [2.75, 3.05) is 20.5 Å². The van der Waals surface area contributed by atoms with Crippen molar-refractivity contribution in [2.45, 2.75) is 19.8 Å². The molecule has 0 heterocycles. The second kappa shape index (κ2) is 7.97. The minimum Gasteiger partial charge on any atom is -0.490 e. The lowest BCUT2D eigenvalue weighted by Gasteiger charge is -2.15. The van der Waals surface area contributed by atoms with E-state index in [0.29, 0.717) is 23.6 Å². The maximum absolute atomic E-state index is 9.30. The molecule has 0 aliphatic rings. The fraction of sp³-hybridized carbons (Fsp3) is 0.500. The van der Waals surface area contributed by atoms with E-state index in [1.54, 1.807) is 18.2 Å². The van der Waals surface area contributed by atoms with Crippen LogP contribution in [0.2, 0.25) is 0 Å². The fourth-order valence-electron chi connectivity index (χ4n) is 1.45. The summed E-state index contributed by atoms with van der Waals surface area (Å²) in [6.07, 6.45) is 1.89. The topological polar surface area (TPSA) is 68.2 Å². The van der Waals surface area contributed by atoms with E-state index in [4.69, 9.17) is 14.2 Å². The second-order valence-corrected chi connectivity index (χ2v) is 3.80. The summed E-state index contributed by atoms with van der Waals surface area (Å²) in [5.41, 5.74) is 0.291. The molecule has 0 saturated heterocycles. The standard InChI is InChI=1S/C12H19BO5/c1-3-4-8-17-12-10(13(14)15)6-5-7-11(12)18-9-16-2/h5-7,14-15H,3-4,8-9H2,1-2H3. The molecule has 100 valence electrons. The van der Waals surface area contributed by atoms with Gasteiger partial charge >= 0.3 is 7.12 Å². The van der Waals surface area contributed by atoms with Gasteiger partial charge in [0.25, 0.3) is 0 Å². The molecule has 6 heteroatoms. The molecule has 1 rings (SSSR count). The predicted octanol–water partition coefficient (Wildman–Crippen LogP) is 0.528. The Kier molecular flexibility index (Phi) is 6.56. The molecule has 1 aromatic rings. The number of ether oxygens (including phenoxy) is 3. The van der Waals surface area contributed by atoms with Crippen LogP contribution in [0.5, 0.6) is 11.5 Å². The van der Waals surface area contributed by atoms with Crippen molar-refractivity contribution in [3.8, 4) is 11.5 Å². The molecule has 0 radical (unpaired) electrons. The van der Waals surface area contributed by atoms with Crippen LogP contribution >= 0.6 is 0 Å². The van der Waals surface area contributed by atoms with Gasteiger partial charge in [-0.2, -0.15) is 0 Å². The largest absolute Gasteiger partial charge is 0.492 e. The monoisotopic (exact) mass is 254 g/mol. The molecular formula is C12H19BO5. The van der Waals surface area contributed by atoms with Crippen molar-refractivity contribution in [3.05, 3.63) is 18.2 Å². The zero-order valence-corrected chi connectivity index (χ0v) is 10.8. The Morgan fingerprint density at radius 1 is 1.22 bits per heavy atom. The van der Waals surface area contributed by atoms with Crippen LogP contribution in [0.1, 0.15) is 19.8 Å². The quantitative estimate of drug-likeness (QED) is 0.402. The molecule has 0 aliphatic carbocycles. The van der Waals surface area contributed by atoms with Crippen LogP contribution in [0.15, 0.2) is 18.2 Å². The summed E-state index contributed by atoms with van der Waals surface area (Å²) in [5, 5.41) is 18.6. The van der Waals surface area contributed by atoms with E-state index in [-0.39, 0.29) is 6.79 Å². The first-order valence-corrected chi connectivity index (χ1v) is 5.94. The molecule has 0 saturated carbocycles. The summed E-state index contributed by atoms with van der Waals surface area (Å²) >= 11 is 0. The maximum atomic E-state index is 9.30. The van der Waals surface area contributed by atoms with Gasteiger partial charge in [0.2, 0.25) is 0 Å². The van der Waals surface area contributed by atoms with Crippen molar-refractivity contribution in [2.24, 2.45) is 0 Å². The first-order valence-electron chi connectivity index (χ1n) is 5.94. The Morgan fingerprint density at radius 3 is 2.61 bits per heavy atom. The highest BCUT2D eigenvalue weighted by Gasteiger charge is 2.20. The molecule has 0 amide bonds. The van der Waals surface area contributed by atoms with Crippen molar-refractivity contribution in [1.82, 2.24) is 0 Å². The van der Waals surface area contributed by atoms with Crippen molar-refractivity contribution >= 4 is 12.6 Å². The molecule has 0 unspecified atom stereocenters. The summed E-state index contributed by atoms with van der Waals surface area (Å²) in [7, 11) is -0.0738. The molecule has 0 aromatic heterocycles. The van der Waals surface area contributed by atoms with Crippen molar-refractivity contribution in [3.63, 3.8) is 0 Å². The molecule has 2 N–H and O–H groups in total. The normalized spacial score (nSPS) is 10.2. The van der Waals surface area contributed by atoms with Gasteiger partial charge < -0.3 is 24.3 Å². The Labute approximate surface area is 107 Å². The Morgan fingerprint density at radius 2 is 2.00 bits per heavy atom. The lowest BCUT2D eigenvalue weighted by atomic mass is 9.79. The van der Waals surface area contributed by atoms with Crippen LogP contribution in [0.4, 0.5) is 0 Å². The second-order valence-electron chi connectivity index (χ2n) is 3.80. The number of methoxy groups -OCH3 is 1. The number of hydrogen-bond acceptors (Lipinski definition) is 5. The van der Waals surface area contributed by atoms with Gasteiger partial charge in [0.15, 0.2) is 18.3 Å². The van der Waals surface area contributed by atoms with Crippen LogP contribution in [0, 0.1) is 0 Å². The third-order valence-electron chi connectivity index (χ3n) is 2.36. The number of hydrogen-bond donors (Lipinski definition) is 2. The highest BCUT2D eigenvalue weighted by molar-refractivity contribution is 6.59. The van der Waals surface area contributed by atoms with Gasteiger partial charge in [-0.15, -0.1) is 0 Å². The molecule has 1 aromatic carbocycles. The van der Waals surface area contributed by atoms with Gasteiger partial charge in [0, 0.05) is 12.6 Å². The lowest BCUT2D eigenvalue weighted by Crippen LogP contribution is -2.32. The van der Waals surface area contributed by atoms with Crippen LogP contribution in [-0.4, -0.2) is 37.7 Å². The van der Waals surface area contributed by atoms with E-state index in [1.165, 1.54) is 7.11 Å². The zero-order chi connectivity index (χ0) is 13.4. The summed E-state index contributed by atoms with van der Waals surface area (Å²) < 4.78 is 15.7. The molecule has 0 bridgehead atoms. The molecule has 0 atom stereocenters. The molecule has 0 aliphatic heterocycles. The molecule has 0 fully saturated rings. The van der Waals surface area contributed by atoms with Crippen LogP contribution in [0.3, 0.4) is 0 Å². The van der Waals surface area contributed by atoms with Gasteiger partial charge in [-0.05, 0) is 12.5 Å². The van der Waals surface area contributed by atoms with Crippen molar-refractivity contribution in [1.29, 1.82) is 0 Å². The summed E-state index contributed by atoms with van der Waals surface area (Å²) in [5.74, 6) is 0.802. The Hall–Kier alpha value is -1.24. The van der Waals surface area contributed by atoms with Crippen LogP contribution in [-0.2, 0) is 4.74 Å². The molecular weight excluding hydrogens is 235 g/mol. The first-order chi connectivity index (χ1) is 8.70. The minimum absolute atomic E-state index is 0.0785. The third kappa shape index (κ3) is 4.21.